The lowest BCUT2D eigenvalue weighted by Crippen LogP contribution is -1.90. The van der Waals surface area contributed by atoms with Crippen molar-refractivity contribution in [2.45, 2.75) is 4.90 Å². The van der Waals surface area contributed by atoms with Crippen LogP contribution in [0, 0.1) is 0 Å². The third-order valence-corrected chi connectivity index (χ3v) is 2.67. The van der Waals surface area contributed by atoms with Crippen LogP contribution in [0.1, 0.15) is 10.4 Å². The molecule has 0 radical (unpaired) electrons. The van der Waals surface area contributed by atoms with Gasteiger partial charge in [-0.15, -0.1) is 0 Å². The smallest absolute Gasteiger partial charge is 0.261 e. The van der Waals surface area contributed by atoms with Crippen molar-refractivity contribution in [3.63, 3.8) is 0 Å². The van der Waals surface area contributed by atoms with Gasteiger partial charge in [-0.2, -0.15) is 0 Å². The first-order valence-electron chi connectivity index (χ1n) is 3.85. The summed E-state index contributed by atoms with van der Waals surface area (Å²) < 4.78 is 25.7. The molecule has 84 valence electrons. The van der Waals surface area contributed by atoms with Crippen LogP contribution in [0.2, 0.25) is 0 Å². The summed E-state index contributed by atoms with van der Waals surface area (Å²) in [5, 5.41) is 0. The van der Waals surface area contributed by atoms with E-state index in [1.807, 2.05) is 0 Å². The average molecular weight is 251 g/mol. The molecule has 6 heteroatoms. The van der Waals surface area contributed by atoms with Crippen molar-refractivity contribution in [2.24, 2.45) is 0 Å². The van der Waals surface area contributed by atoms with Crippen LogP contribution < -0.4 is 0 Å². The summed E-state index contributed by atoms with van der Waals surface area (Å²) in [7, 11) is 4.62. The van der Waals surface area contributed by atoms with Gasteiger partial charge in [-0.05, 0) is 12.1 Å². The molecule has 15 heavy (non-hydrogen) atoms. The number of aldehydes is 1. The van der Waals surface area contributed by atoms with E-state index in [1.165, 1.54) is 24.3 Å². The van der Waals surface area contributed by atoms with E-state index >= 15 is 0 Å². The molecule has 1 aromatic rings. The van der Waals surface area contributed by atoms with Gasteiger partial charge in [0.1, 0.15) is 6.29 Å². The highest BCUT2D eigenvalue weighted by atomic mass is 35.7. The molecule has 0 amide bonds. The van der Waals surface area contributed by atoms with Gasteiger partial charge in [0, 0.05) is 30.5 Å². The number of hydrogen-bond acceptors (Lipinski definition) is 4. The maximum absolute atomic E-state index is 10.7. The van der Waals surface area contributed by atoms with E-state index < -0.39 is 9.05 Å². The molecule has 0 aromatic heterocycles. The van der Waals surface area contributed by atoms with Crippen LogP contribution in [-0.4, -0.2) is 28.9 Å². The first-order chi connectivity index (χ1) is 6.95. The second kappa shape index (κ2) is 6.55. The molecule has 0 aliphatic carbocycles. The molecular weight excluding hydrogens is 240 g/mol. The minimum Gasteiger partial charge on any atom is -0.388 e. The molecule has 1 rings (SSSR count). The predicted molar refractivity (Wildman–Crippen MR) is 57.8 cm³/mol. The highest BCUT2D eigenvalue weighted by Crippen LogP contribution is 2.14. The number of carbonyl (C=O) groups is 1. The Morgan fingerprint density at radius 2 is 1.60 bits per heavy atom. The van der Waals surface area contributed by atoms with Gasteiger partial charge in [-0.3, -0.25) is 4.79 Å². The van der Waals surface area contributed by atoms with Gasteiger partial charge < -0.3 is 4.74 Å². The summed E-state index contributed by atoms with van der Waals surface area (Å²) in [5.74, 6) is 0. The lowest BCUT2D eigenvalue weighted by atomic mass is 10.2. The molecule has 0 fully saturated rings. The summed E-state index contributed by atoms with van der Waals surface area (Å²) in [6, 6.07) is 5.35. The fourth-order valence-corrected chi connectivity index (χ4v) is 1.48. The number of carbonyl (C=O) groups excluding carboxylic acids is 1. The Kier molecular flexibility index (Phi) is 6.15. The Hall–Kier alpha value is -0.910. The number of halogens is 1. The Morgan fingerprint density at radius 3 is 1.87 bits per heavy atom. The SMILES string of the molecule is COC.O=Cc1ccc(S(=O)(=O)Cl)cc1. The lowest BCUT2D eigenvalue weighted by molar-refractivity contribution is 0.112. The van der Waals surface area contributed by atoms with Gasteiger partial charge in [0.15, 0.2) is 0 Å². The number of benzene rings is 1. The molecule has 0 bridgehead atoms. The summed E-state index contributed by atoms with van der Waals surface area (Å²) in [6.45, 7) is 0. The molecule has 0 spiro atoms. The number of methoxy groups -OCH3 is 1. The Balaban J connectivity index is 0.000000583. The summed E-state index contributed by atoms with van der Waals surface area (Å²) in [6.07, 6.45) is 0.630. The van der Waals surface area contributed by atoms with E-state index in [2.05, 4.69) is 4.74 Å². The van der Waals surface area contributed by atoms with Crippen LogP contribution in [0.3, 0.4) is 0 Å². The van der Waals surface area contributed by atoms with E-state index in [4.69, 9.17) is 10.7 Å². The van der Waals surface area contributed by atoms with Gasteiger partial charge in [0.2, 0.25) is 0 Å². The highest BCUT2D eigenvalue weighted by molar-refractivity contribution is 8.13. The van der Waals surface area contributed by atoms with Crippen LogP contribution >= 0.6 is 10.7 Å². The first-order valence-corrected chi connectivity index (χ1v) is 6.16. The number of ether oxygens (including phenoxy) is 1. The van der Waals surface area contributed by atoms with Crippen LogP contribution in [0.15, 0.2) is 29.2 Å². The van der Waals surface area contributed by atoms with Crippen molar-refractivity contribution in [3.05, 3.63) is 29.8 Å². The van der Waals surface area contributed by atoms with Crippen LogP contribution in [0.4, 0.5) is 0 Å². The minimum absolute atomic E-state index is 0.00485. The minimum atomic E-state index is -3.67. The molecule has 0 aliphatic heterocycles. The topological polar surface area (TPSA) is 60.4 Å². The summed E-state index contributed by atoms with van der Waals surface area (Å²) >= 11 is 0. The van der Waals surface area contributed by atoms with Gasteiger partial charge in [-0.25, -0.2) is 8.42 Å². The van der Waals surface area contributed by atoms with E-state index in [1.54, 1.807) is 14.2 Å². The molecular formula is C9H11ClO4S. The fourth-order valence-electron chi connectivity index (χ4n) is 0.709. The molecule has 1 aromatic carbocycles. The second-order valence-electron chi connectivity index (χ2n) is 2.53. The van der Waals surface area contributed by atoms with Gasteiger partial charge in [-0.1, -0.05) is 12.1 Å². The van der Waals surface area contributed by atoms with Crippen LogP contribution in [0.25, 0.3) is 0 Å². The fraction of sp³-hybridized carbons (Fsp3) is 0.222. The van der Waals surface area contributed by atoms with E-state index in [9.17, 15) is 13.2 Å². The van der Waals surface area contributed by atoms with Crippen LogP contribution in [0.5, 0.6) is 0 Å². The van der Waals surface area contributed by atoms with E-state index in [0.29, 0.717) is 11.8 Å². The quantitative estimate of drug-likeness (QED) is 0.592. The largest absolute Gasteiger partial charge is 0.388 e. The van der Waals surface area contributed by atoms with Crippen molar-refractivity contribution in [1.82, 2.24) is 0 Å². The van der Waals surface area contributed by atoms with Gasteiger partial charge >= 0.3 is 0 Å². The van der Waals surface area contributed by atoms with Gasteiger partial charge in [0.25, 0.3) is 9.05 Å². The molecule has 0 heterocycles. The van der Waals surface area contributed by atoms with Crippen molar-refractivity contribution in [1.29, 1.82) is 0 Å². The molecule has 0 unspecified atom stereocenters. The molecule has 4 nitrogen and oxygen atoms in total. The number of rotatable bonds is 2. The molecule has 0 saturated heterocycles. The highest BCUT2D eigenvalue weighted by Gasteiger charge is 2.08. The molecule has 0 N–H and O–H groups in total. The Labute approximate surface area is 93.2 Å². The Morgan fingerprint density at radius 1 is 1.20 bits per heavy atom. The first kappa shape index (κ1) is 14.1. The molecule has 0 atom stereocenters. The third-order valence-electron chi connectivity index (χ3n) is 1.30. The maximum Gasteiger partial charge on any atom is 0.261 e. The zero-order valence-electron chi connectivity index (χ0n) is 8.31. The summed E-state index contributed by atoms with van der Waals surface area (Å²) in [4.78, 5) is 10.2. The monoisotopic (exact) mass is 250 g/mol. The van der Waals surface area contributed by atoms with E-state index in [-0.39, 0.29) is 4.90 Å². The average Bonchev–Trinajstić information content (AvgIpc) is 2.18. The third kappa shape index (κ3) is 5.51. The zero-order chi connectivity index (χ0) is 11.9. The zero-order valence-corrected chi connectivity index (χ0v) is 9.88. The normalized spacial score (nSPS) is 10.1. The van der Waals surface area contributed by atoms with E-state index in [0.717, 1.165) is 0 Å². The van der Waals surface area contributed by atoms with Crippen molar-refractivity contribution in [3.8, 4) is 0 Å². The van der Waals surface area contributed by atoms with Crippen LogP contribution in [-0.2, 0) is 13.8 Å². The van der Waals surface area contributed by atoms with Crippen molar-refractivity contribution >= 4 is 26.0 Å². The molecule has 0 aliphatic rings. The standard InChI is InChI=1S/C7H5ClO3S.C2H6O/c8-12(10,11)7-3-1-6(5-9)2-4-7;1-3-2/h1-5H;1-2H3. The van der Waals surface area contributed by atoms with Crippen molar-refractivity contribution in [2.75, 3.05) is 14.2 Å². The van der Waals surface area contributed by atoms with Crippen molar-refractivity contribution < 1.29 is 17.9 Å². The van der Waals surface area contributed by atoms with Gasteiger partial charge in [0.05, 0.1) is 4.90 Å². The molecule has 0 saturated carbocycles. The lowest BCUT2D eigenvalue weighted by Gasteiger charge is -1.94. The predicted octanol–water partition coefficient (Wildman–Crippen LogP) is 1.69. The number of hydrogen-bond donors (Lipinski definition) is 0. The summed E-state index contributed by atoms with van der Waals surface area (Å²) in [5.41, 5.74) is 0.416. The second-order valence-corrected chi connectivity index (χ2v) is 5.10. The Bertz CT molecular complexity index is 397. The maximum atomic E-state index is 10.7.